The number of aromatic amines is 1. The fourth-order valence-electron chi connectivity index (χ4n) is 2.47. The molecule has 1 heterocycles. The third kappa shape index (κ3) is 3.29. The Morgan fingerprint density at radius 3 is 2.42 bits per heavy atom. The number of aromatic nitrogens is 2. The maximum atomic E-state index is 12.6. The van der Waals surface area contributed by atoms with E-state index in [4.69, 9.17) is 21.1 Å². The lowest BCUT2D eigenvalue weighted by atomic mass is 10.1. The van der Waals surface area contributed by atoms with Crippen molar-refractivity contribution in [3.8, 4) is 0 Å². The highest BCUT2D eigenvalue weighted by atomic mass is 35.5. The molecule has 0 saturated heterocycles. The highest BCUT2D eigenvalue weighted by Crippen LogP contribution is 2.28. The van der Waals surface area contributed by atoms with Crippen LogP contribution in [0.3, 0.4) is 0 Å². The molecule has 7 nitrogen and oxygen atoms in total. The van der Waals surface area contributed by atoms with E-state index >= 15 is 0 Å². The van der Waals surface area contributed by atoms with Crippen molar-refractivity contribution in [2.75, 3.05) is 7.11 Å². The zero-order valence-corrected chi connectivity index (χ0v) is 14.3. The van der Waals surface area contributed by atoms with Crippen molar-refractivity contribution in [3.63, 3.8) is 0 Å². The van der Waals surface area contributed by atoms with Gasteiger partial charge >= 0.3 is 11.9 Å². The number of carbonyl (C=O) groups is 2. The number of methoxy groups -OCH3 is 1. The molecule has 3 aromatic rings. The summed E-state index contributed by atoms with van der Waals surface area (Å²) in [4.78, 5) is 36.6. The first-order chi connectivity index (χ1) is 12.5. The van der Waals surface area contributed by atoms with Gasteiger partial charge in [-0.25, -0.2) is 14.7 Å². The van der Waals surface area contributed by atoms with E-state index in [0.29, 0.717) is 5.39 Å². The van der Waals surface area contributed by atoms with Gasteiger partial charge in [0, 0.05) is 16.0 Å². The molecule has 1 atom stereocenters. The van der Waals surface area contributed by atoms with Crippen LogP contribution in [0.15, 0.2) is 53.3 Å². The number of esters is 2. The molecule has 0 aliphatic heterocycles. The minimum absolute atomic E-state index is 0.124. The molecule has 0 fully saturated rings. The average Bonchev–Trinajstić information content (AvgIpc) is 2.66. The van der Waals surface area contributed by atoms with Crippen LogP contribution in [-0.2, 0) is 14.3 Å². The van der Waals surface area contributed by atoms with Crippen LogP contribution >= 0.6 is 11.6 Å². The number of nitrogens with one attached hydrogen (secondary N) is 1. The van der Waals surface area contributed by atoms with Crippen LogP contribution in [0, 0.1) is 0 Å². The van der Waals surface area contributed by atoms with E-state index in [1.165, 1.54) is 7.11 Å². The molecule has 0 aliphatic rings. The molecule has 2 aromatic carbocycles. The predicted octanol–water partition coefficient (Wildman–Crippen LogP) is 2.65. The summed E-state index contributed by atoms with van der Waals surface area (Å²) in [5.41, 5.74) is -0.281. The topological polar surface area (TPSA) is 98.3 Å². The molecule has 0 spiro atoms. The quantitative estimate of drug-likeness (QED) is 0.707. The van der Waals surface area contributed by atoms with Gasteiger partial charge in [0.05, 0.1) is 12.5 Å². The van der Waals surface area contributed by atoms with Gasteiger partial charge in [0.2, 0.25) is 6.10 Å². The summed E-state index contributed by atoms with van der Waals surface area (Å²) in [6, 6.07) is 12.9. The fourth-order valence-corrected chi connectivity index (χ4v) is 2.70. The van der Waals surface area contributed by atoms with Crippen molar-refractivity contribution in [1.82, 2.24) is 10.2 Å². The molecular formula is C18H13ClN2O5. The van der Waals surface area contributed by atoms with Crippen LogP contribution in [0.4, 0.5) is 0 Å². The molecule has 1 N–H and O–H groups in total. The number of carbonyl (C=O) groups excluding carboxylic acids is 2. The van der Waals surface area contributed by atoms with Crippen molar-refractivity contribution in [3.05, 3.63) is 75.2 Å². The number of hydrogen-bond acceptors (Lipinski definition) is 6. The van der Waals surface area contributed by atoms with Crippen molar-refractivity contribution < 1.29 is 19.1 Å². The zero-order valence-electron chi connectivity index (χ0n) is 13.6. The maximum absolute atomic E-state index is 12.6. The molecule has 0 bridgehead atoms. The van der Waals surface area contributed by atoms with E-state index in [0.717, 1.165) is 0 Å². The van der Waals surface area contributed by atoms with Crippen LogP contribution in [0.2, 0.25) is 5.02 Å². The zero-order chi connectivity index (χ0) is 18.7. The number of rotatable bonds is 4. The largest absolute Gasteiger partial charge is 0.466 e. The lowest BCUT2D eigenvalue weighted by molar-refractivity contribution is -0.151. The first-order valence-electron chi connectivity index (χ1n) is 7.53. The lowest BCUT2D eigenvalue weighted by Crippen LogP contribution is -2.23. The Morgan fingerprint density at radius 1 is 1.08 bits per heavy atom. The number of benzene rings is 2. The normalized spacial score (nSPS) is 11.8. The highest BCUT2D eigenvalue weighted by molar-refractivity contribution is 6.31. The van der Waals surface area contributed by atoms with Gasteiger partial charge in [-0.3, -0.25) is 4.79 Å². The van der Waals surface area contributed by atoms with Gasteiger partial charge in [0.1, 0.15) is 0 Å². The summed E-state index contributed by atoms with van der Waals surface area (Å²) in [7, 11) is 1.17. The average molecular weight is 373 g/mol. The summed E-state index contributed by atoms with van der Waals surface area (Å²) >= 11 is 6.10. The molecule has 26 heavy (non-hydrogen) atoms. The Morgan fingerprint density at radius 2 is 1.73 bits per heavy atom. The van der Waals surface area contributed by atoms with E-state index in [1.807, 2.05) is 0 Å². The predicted molar refractivity (Wildman–Crippen MR) is 94.0 cm³/mol. The Balaban J connectivity index is 2.02. The van der Waals surface area contributed by atoms with Crippen LogP contribution < -0.4 is 5.56 Å². The molecule has 0 saturated carbocycles. The van der Waals surface area contributed by atoms with Crippen molar-refractivity contribution in [1.29, 1.82) is 0 Å². The third-order valence-corrected chi connectivity index (χ3v) is 4.06. The van der Waals surface area contributed by atoms with Gasteiger partial charge < -0.3 is 9.47 Å². The van der Waals surface area contributed by atoms with Crippen LogP contribution in [0.1, 0.15) is 22.2 Å². The number of ether oxygens (including phenoxy) is 2. The Hall–Kier alpha value is -3.19. The SMILES string of the molecule is COC(=O)C(OC(=O)c1n[nH]c(=O)c2ccccc12)c1ccccc1Cl. The number of H-pyrrole nitrogens is 1. The number of halogens is 1. The standard InChI is InChI=1S/C18H13ClN2O5/c1-25-18(24)15(12-8-4-5-9-13(12)19)26-17(23)14-10-6-2-3-7-11(10)16(22)21-20-14/h2-9,15H,1H3,(H,21,22). The van der Waals surface area contributed by atoms with Crippen molar-refractivity contribution in [2.45, 2.75) is 6.10 Å². The van der Waals surface area contributed by atoms with Crippen LogP contribution in [0.25, 0.3) is 10.8 Å². The maximum Gasteiger partial charge on any atom is 0.360 e. The molecule has 132 valence electrons. The third-order valence-electron chi connectivity index (χ3n) is 3.72. The van der Waals surface area contributed by atoms with Gasteiger partial charge in [0.15, 0.2) is 5.69 Å². The fraction of sp³-hybridized carbons (Fsp3) is 0.111. The molecule has 1 aromatic heterocycles. The van der Waals surface area contributed by atoms with E-state index in [9.17, 15) is 14.4 Å². The van der Waals surface area contributed by atoms with E-state index in [1.54, 1.807) is 48.5 Å². The van der Waals surface area contributed by atoms with Gasteiger partial charge in [-0.05, 0) is 12.1 Å². The second kappa shape index (κ2) is 7.37. The first kappa shape index (κ1) is 17.6. The van der Waals surface area contributed by atoms with Gasteiger partial charge in [-0.15, -0.1) is 0 Å². The van der Waals surface area contributed by atoms with Gasteiger partial charge in [-0.1, -0.05) is 48.0 Å². The van der Waals surface area contributed by atoms with E-state index in [2.05, 4.69) is 10.2 Å². The van der Waals surface area contributed by atoms with Crippen molar-refractivity contribution in [2.24, 2.45) is 0 Å². The Bertz CT molecular complexity index is 1050. The second-order valence-electron chi connectivity index (χ2n) is 5.28. The van der Waals surface area contributed by atoms with E-state index < -0.39 is 23.6 Å². The summed E-state index contributed by atoms with van der Waals surface area (Å²) in [5, 5.41) is 6.84. The lowest BCUT2D eigenvalue weighted by Gasteiger charge is -2.17. The van der Waals surface area contributed by atoms with Gasteiger partial charge in [-0.2, -0.15) is 5.10 Å². The number of hydrogen-bond donors (Lipinski definition) is 1. The summed E-state index contributed by atoms with van der Waals surface area (Å²) in [6.45, 7) is 0. The summed E-state index contributed by atoms with van der Waals surface area (Å²) in [6.07, 6.45) is -1.37. The highest BCUT2D eigenvalue weighted by Gasteiger charge is 2.29. The van der Waals surface area contributed by atoms with Crippen molar-refractivity contribution >= 4 is 34.3 Å². The number of nitrogens with zero attached hydrogens (tertiary/aromatic N) is 1. The minimum atomic E-state index is -1.37. The van der Waals surface area contributed by atoms with E-state index in [-0.39, 0.29) is 21.7 Å². The Kier molecular flexibility index (Phi) is 4.99. The minimum Gasteiger partial charge on any atom is -0.466 e. The van der Waals surface area contributed by atoms with Gasteiger partial charge in [0.25, 0.3) is 5.56 Å². The monoisotopic (exact) mass is 372 g/mol. The molecule has 0 radical (unpaired) electrons. The molecule has 0 aliphatic carbocycles. The van der Waals surface area contributed by atoms with Crippen LogP contribution in [0.5, 0.6) is 0 Å². The molecule has 0 amide bonds. The molecule has 1 unspecified atom stereocenters. The molecular weight excluding hydrogens is 360 g/mol. The smallest absolute Gasteiger partial charge is 0.360 e. The summed E-state index contributed by atoms with van der Waals surface area (Å²) < 4.78 is 10.0. The second-order valence-corrected chi connectivity index (χ2v) is 5.68. The first-order valence-corrected chi connectivity index (χ1v) is 7.91. The number of fused-ring (bicyclic) bond motifs is 1. The van der Waals surface area contributed by atoms with Crippen LogP contribution in [-0.4, -0.2) is 29.2 Å². The summed E-state index contributed by atoms with van der Waals surface area (Å²) in [5.74, 6) is -1.69. The Labute approximate surface area is 152 Å². The molecule has 3 rings (SSSR count). The molecule has 8 heteroatoms.